The Morgan fingerprint density at radius 2 is 2.22 bits per heavy atom. The molecule has 0 heterocycles. The van der Waals surface area contributed by atoms with Crippen LogP contribution in [0.4, 0.5) is 0 Å². The van der Waals surface area contributed by atoms with E-state index in [0.717, 1.165) is 5.92 Å². The molecule has 0 aliphatic heterocycles. The highest BCUT2D eigenvalue weighted by atomic mass is 14.2. The van der Waals surface area contributed by atoms with Crippen LogP contribution in [0.25, 0.3) is 0 Å². The maximum absolute atomic E-state index is 2.47. The SMILES string of the molecule is CCCCCC1[CH]CC1. The van der Waals surface area contributed by atoms with Crippen molar-refractivity contribution < 1.29 is 0 Å². The molecule has 0 spiro atoms. The minimum atomic E-state index is 1.01. The first-order chi connectivity index (χ1) is 4.43. The maximum Gasteiger partial charge on any atom is -0.0355 e. The topological polar surface area (TPSA) is 0 Å². The largest absolute Gasteiger partial charge is 0.0654 e. The summed E-state index contributed by atoms with van der Waals surface area (Å²) in [5.41, 5.74) is 0. The Morgan fingerprint density at radius 3 is 2.67 bits per heavy atom. The summed E-state index contributed by atoms with van der Waals surface area (Å²) in [6.07, 6.45) is 11.1. The molecule has 9 heavy (non-hydrogen) atoms. The highest BCUT2D eigenvalue weighted by molar-refractivity contribution is 4.86. The van der Waals surface area contributed by atoms with Gasteiger partial charge in [-0.3, -0.25) is 0 Å². The maximum atomic E-state index is 2.47. The van der Waals surface area contributed by atoms with Gasteiger partial charge in [-0.1, -0.05) is 32.6 Å². The molecule has 1 aliphatic rings. The number of unbranched alkanes of at least 4 members (excludes halogenated alkanes) is 2. The summed E-state index contributed by atoms with van der Waals surface area (Å²) < 4.78 is 0. The first-order valence-electron chi connectivity index (χ1n) is 4.27. The van der Waals surface area contributed by atoms with E-state index in [4.69, 9.17) is 0 Å². The molecule has 0 amide bonds. The van der Waals surface area contributed by atoms with Crippen molar-refractivity contribution >= 4 is 0 Å². The van der Waals surface area contributed by atoms with Crippen LogP contribution in [-0.4, -0.2) is 0 Å². The highest BCUT2D eigenvalue weighted by Crippen LogP contribution is 2.29. The molecule has 1 saturated carbocycles. The van der Waals surface area contributed by atoms with Crippen LogP contribution < -0.4 is 0 Å². The zero-order chi connectivity index (χ0) is 6.53. The first-order valence-corrected chi connectivity index (χ1v) is 4.27. The molecule has 0 aromatic heterocycles. The molecule has 1 radical (unpaired) electrons. The van der Waals surface area contributed by atoms with Crippen LogP contribution >= 0.6 is 0 Å². The monoisotopic (exact) mass is 125 g/mol. The zero-order valence-corrected chi connectivity index (χ0v) is 6.40. The average molecular weight is 125 g/mol. The van der Waals surface area contributed by atoms with Gasteiger partial charge >= 0.3 is 0 Å². The van der Waals surface area contributed by atoms with Gasteiger partial charge in [-0.15, -0.1) is 0 Å². The zero-order valence-electron chi connectivity index (χ0n) is 6.40. The van der Waals surface area contributed by atoms with Crippen molar-refractivity contribution in [3.05, 3.63) is 6.42 Å². The molecule has 0 aromatic carbocycles. The fraction of sp³-hybridized carbons (Fsp3) is 0.889. The molecule has 1 aliphatic carbocycles. The third-order valence-electron chi connectivity index (χ3n) is 2.22. The third kappa shape index (κ3) is 2.38. The summed E-state index contributed by atoms with van der Waals surface area (Å²) >= 11 is 0. The fourth-order valence-electron chi connectivity index (χ4n) is 1.32. The van der Waals surface area contributed by atoms with Gasteiger partial charge in [-0.25, -0.2) is 0 Å². The van der Waals surface area contributed by atoms with Crippen LogP contribution in [0.5, 0.6) is 0 Å². The lowest BCUT2D eigenvalue weighted by Crippen LogP contribution is -2.11. The average Bonchev–Trinajstić information content (AvgIpc) is 1.76. The molecule has 0 nitrogen and oxygen atoms in total. The van der Waals surface area contributed by atoms with E-state index in [1.165, 1.54) is 38.5 Å². The van der Waals surface area contributed by atoms with Crippen LogP contribution in [-0.2, 0) is 0 Å². The Morgan fingerprint density at radius 1 is 1.44 bits per heavy atom. The van der Waals surface area contributed by atoms with Crippen molar-refractivity contribution in [2.45, 2.75) is 45.4 Å². The lowest BCUT2D eigenvalue weighted by molar-refractivity contribution is 0.388. The minimum absolute atomic E-state index is 1.01. The standard InChI is InChI=1S/C9H17/c1-2-3-4-6-9-7-5-8-9/h7,9H,2-6,8H2,1H3. The van der Waals surface area contributed by atoms with Gasteiger partial charge in [0, 0.05) is 0 Å². The Hall–Kier alpha value is 0. The van der Waals surface area contributed by atoms with Gasteiger partial charge in [-0.05, 0) is 25.2 Å². The van der Waals surface area contributed by atoms with Crippen molar-refractivity contribution in [1.82, 2.24) is 0 Å². The molecule has 1 atom stereocenters. The van der Waals surface area contributed by atoms with E-state index in [0.29, 0.717) is 0 Å². The molecule has 1 fully saturated rings. The van der Waals surface area contributed by atoms with Gasteiger partial charge in [0.05, 0.1) is 0 Å². The molecule has 0 bridgehead atoms. The lowest BCUT2D eigenvalue weighted by atomic mass is 9.82. The van der Waals surface area contributed by atoms with E-state index in [1.54, 1.807) is 0 Å². The molecular weight excluding hydrogens is 108 g/mol. The van der Waals surface area contributed by atoms with Crippen LogP contribution in [0.15, 0.2) is 0 Å². The van der Waals surface area contributed by atoms with E-state index < -0.39 is 0 Å². The van der Waals surface area contributed by atoms with E-state index in [9.17, 15) is 0 Å². The molecule has 1 rings (SSSR count). The van der Waals surface area contributed by atoms with Gasteiger partial charge < -0.3 is 0 Å². The second kappa shape index (κ2) is 3.92. The number of rotatable bonds is 4. The summed E-state index contributed by atoms with van der Waals surface area (Å²) in [6, 6.07) is 0. The highest BCUT2D eigenvalue weighted by Gasteiger charge is 2.16. The van der Waals surface area contributed by atoms with E-state index >= 15 is 0 Å². The Kier molecular flexibility index (Phi) is 3.10. The summed E-state index contributed by atoms with van der Waals surface area (Å²) in [5.74, 6) is 1.01. The van der Waals surface area contributed by atoms with Gasteiger partial charge in [0.15, 0.2) is 0 Å². The van der Waals surface area contributed by atoms with E-state index in [-0.39, 0.29) is 0 Å². The molecule has 0 N–H and O–H groups in total. The van der Waals surface area contributed by atoms with Crippen molar-refractivity contribution in [3.63, 3.8) is 0 Å². The van der Waals surface area contributed by atoms with Crippen LogP contribution in [0.1, 0.15) is 45.4 Å². The molecule has 1 unspecified atom stereocenters. The van der Waals surface area contributed by atoms with Gasteiger partial charge in [-0.2, -0.15) is 0 Å². The molecule has 0 aromatic rings. The lowest BCUT2D eigenvalue weighted by Gasteiger charge is -2.24. The quantitative estimate of drug-likeness (QED) is 0.506. The smallest absolute Gasteiger partial charge is 0.0355 e. The summed E-state index contributed by atoms with van der Waals surface area (Å²) in [6.45, 7) is 2.27. The molecule has 0 heteroatoms. The number of hydrogen-bond donors (Lipinski definition) is 0. The molecular formula is C9H17. The van der Waals surface area contributed by atoms with Crippen molar-refractivity contribution in [2.24, 2.45) is 5.92 Å². The number of hydrogen-bond acceptors (Lipinski definition) is 0. The molecule has 53 valence electrons. The Balaban J connectivity index is 1.80. The Labute approximate surface area is 58.7 Å². The van der Waals surface area contributed by atoms with Crippen molar-refractivity contribution in [1.29, 1.82) is 0 Å². The van der Waals surface area contributed by atoms with E-state index in [2.05, 4.69) is 13.3 Å². The van der Waals surface area contributed by atoms with E-state index in [1.807, 2.05) is 0 Å². The van der Waals surface area contributed by atoms with Gasteiger partial charge in [0.1, 0.15) is 0 Å². The summed E-state index contributed by atoms with van der Waals surface area (Å²) in [5, 5.41) is 0. The summed E-state index contributed by atoms with van der Waals surface area (Å²) in [7, 11) is 0. The first kappa shape index (κ1) is 7.11. The minimum Gasteiger partial charge on any atom is -0.0654 e. The molecule has 0 saturated heterocycles. The second-order valence-electron chi connectivity index (χ2n) is 3.07. The summed E-state index contributed by atoms with van der Waals surface area (Å²) in [4.78, 5) is 0. The predicted octanol–water partition coefficient (Wildman–Crippen LogP) is 3.18. The van der Waals surface area contributed by atoms with Crippen LogP contribution in [0.3, 0.4) is 0 Å². The Bertz CT molecular complexity index is 62.4. The predicted molar refractivity (Wildman–Crippen MR) is 41.2 cm³/mol. The van der Waals surface area contributed by atoms with Crippen molar-refractivity contribution in [3.8, 4) is 0 Å². The normalized spacial score (nSPS) is 19.7. The van der Waals surface area contributed by atoms with Crippen molar-refractivity contribution in [2.75, 3.05) is 0 Å². The second-order valence-corrected chi connectivity index (χ2v) is 3.07. The van der Waals surface area contributed by atoms with Gasteiger partial charge in [0.25, 0.3) is 0 Å². The van der Waals surface area contributed by atoms with Gasteiger partial charge in [0.2, 0.25) is 0 Å². The van der Waals surface area contributed by atoms with Crippen LogP contribution in [0, 0.1) is 12.3 Å². The fourth-order valence-corrected chi connectivity index (χ4v) is 1.32. The third-order valence-corrected chi connectivity index (χ3v) is 2.22. The van der Waals surface area contributed by atoms with Crippen LogP contribution in [0.2, 0.25) is 0 Å².